The van der Waals surface area contributed by atoms with Crippen molar-refractivity contribution in [2.75, 3.05) is 6.54 Å². The molecule has 2 heteroatoms. The lowest BCUT2D eigenvalue weighted by Crippen LogP contribution is -2.36. The van der Waals surface area contributed by atoms with Crippen LogP contribution in [-0.4, -0.2) is 23.3 Å². The highest BCUT2D eigenvalue weighted by Gasteiger charge is 2.21. The second-order valence-corrected chi connectivity index (χ2v) is 5.35. The number of hydrogen-bond donors (Lipinski definition) is 2. The SMILES string of the molecule is C[C@@H](NCCC(C)(C)O)C1CCCC1. The van der Waals surface area contributed by atoms with Crippen LogP contribution in [0.5, 0.6) is 0 Å². The molecule has 1 atom stereocenters. The summed E-state index contributed by atoms with van der Waals surface area (Å²) in [6, 6.07) is 0.625. The Morgan fingerprint density at radius 2 is 1.93 bits per heavy atom. The van der Waals surface area contributed by atoms with E-state index >= 15 is 0 Å². The van der Waals surface area contributed by atoms with Crippen LogP contribution in [0.15, 0.2) is 0 Å². The third kappa shape index (κ3) is 4.43. The van der Waals surface area contributed by atoms with Gasteiger partial charge in [-0.05, 0) is 52.5 Å². The molecule has 0 heterocycles. The molecule has 1 rings (SSSR count). The van der Waals surface area contributed by atoms with Crippen LogP contribution >= 0.6 is 0 Å². The van der Waals surface area contributed by atoms with Gasteiger partial charge in [0.25, 0.3) is 0 Å². The lowest BCUT2D eigenvalue weighted by Gasteiger charge is -2.23. The Kier molecular flexibility index (Phi) is 4.39. The maximum absolute atomic E-state index is 9.56. The summed E-state index contributed by atoms with van der Waals surface area (Å²) in [6.07, 6.45) is 6.42. The zero-order valence-electron chi connectivity index (χ0n) is 9.84. The summed E-state index contributed by atoms with van der Waals surface area (Å²) in [4.78, 5) is 0. The van der Waals surface area contributed by atoms with Crippen LogP contribution in [0.2, 0.25) is 0 Å². The molecule has 0 aromatic rings. The van der Waals surface area contributed by atoms with E-state index in [1.807, 2.05) is 13.8 Å². The molecule has 2 nitrogen and oxygen atoms in total. The first-order valence-corrected chi connectivity index (χ1v) is 5.95. The van der Waals surface area contributed by atoms with E-state index in [1.54, 1.807) is 0 Å². The van der Waals surface area contributed by atoms with Gasteiger partial charge in [0.2, 0.25) is 0 Å². The van der Waals surface area contributed by atoms with E-state index in [9.17, 15) is 5.11 Å². The Morgan fingerprint density at radius 1 is 1.36 bits per heavy atom. The predicted octanol–water partition coefficient (Wildman–Crippen LogP) is 2.32. The Labute approximate surface area is 88.1 Å². The molecule has 0 radical (unpaired) electrons. The summed E-state index contributed by atoms with van der Waals surface area (Å²) in [7, 11) is 0. The number of rotatable bonds is 5. The summed E-state index contributed by atoms with van der Waals surface area (Å²) in [5, 5.41) is 13.1. The van der Waals surface area contributed by atoms with Crippen molar-refractivity contribution in [2.45, 2.75) is 64.5 Å². The van der Waals surface area contributed by atoms with Crippen molar-refractivity contribution in [1.82, 2.24) is 5.32 Å². The molecule has 0 aliphatic heterocycles. The Balaban J connectivity index is 2.11. The summed E-state index contributed by atoms with van der Waals surface area (Å²) in [5.41, 5.74) is -0.525. The second-order valence-electron chi connectivity index (χ2n) is 5.35. The first-order chi connectivity index (χ1) is 6.49. The summed E-state index contributed by atoms with van der Waals surface area (Å²) >= 11 is 0. The molecule has 1 saturated carbocycles. The first kappa shape index (κ1) is 12.0. The van der Waals surface area contributed by atoms with Crippen molar-refractivity contribution >= 4 is 0 Å². The molecule has 2 N–H and O–H groups in total. The molecule has 0 amide bonds. The van der Waals surface area contributed by atoms with Gasteiger partial charge in [-0.15, -0.1) is 0 Å². The molecule has 1 aliphatic carbocycles. The van der Waals surface area contributed by atoms with Gasteiger partial charge in [-0.2, -0.15) is 0 Å². The topological polar surface area (TPSA) is 32.3 Å². The van der Waals surface area contributed by atoms with Crippen LogP contribution in [0.4, 0.5) is 0 Å². The van der Waals surface area contributed by atoms with Gasteiger partial charge in [0.1, 0.15) is 0 Å². The maximum Gasteiger partial charge on any atom is 0.0603 e. The third-order valence-corrected chi connectivity index (χ3v) is 3.31. The van der Waals surface area contributed by atoms with Crippen molar-refractivity contribution in [3.8, 4) is 0 Å². The molecule has 0 aromatic carbocycles. The van der Waals surface area contributed by atoms with Crippen LogP contribution < -0.4 is 5.32 Å². The molecule has 1 aliphatic rings. The predicted molar refractivity (Wildman–Crippen MR) is 60.3 cm³/mol. The lowest BCUT2D eigenvalue weighted by molar-refractivity contribution is 0.0699. The fourth-order valence-electron chi connectivity index (χ4n) is 2.23. The van der Waals surface area contributed by atoms with E-state index in [0.717, 1.165) is 18.9 Å². The summed E-state index contributed by atoms with van der Waals surface area (Å²) < 4.78 is 0. The zero-order valence-corrected chi connectivity index (χ0v) is 9.84. The average molecular weight is 199 g/mol. The van der Waals surface area contributed by atoms with Gasteiger partial charge >= 0.3 is 0 Å². The smallest absolute Gasteiger partial charge is 0.0603 e. The number of aliphatic hydroxyl groups is 1. The monoisotopic (exact) mass is 199 g/mol. The van der Waals surface area contributed by atoms with Crippen molar-refractivity contribution in [3.05, 3.63) is 0 Å². The molecular weight excluding hydrogens is 174 g/mol. The number of nitrogens with one attached hydrogen (secondary N) is 1. The minimum absolute atomic E-state index is 0.525. The summed E-state index contributed by atoms with van der Waals surface area (Å²) in [5.74, 6) is 0.872. The van der Waals surface area contributed by atoms with Crippen molar-refractivity contribution in [3.63, 3.8) is 0 Å². The molecular formula is C12H25NO. The Bertz CT molecular complexity index is 156. The second kappa shape index (κ2) is 5.13. The standard InChI is InChI=1S/C12H25NO/c1-10(11-6-4-5-7-11)13-9-8-12(2,3)14/h10-11,13-14H,4-9H2,1-3H3/t10-/m1/s1. The highest BCUT2D eigenvalue weighted by molar-refractivity contribution is 4.78. The highest BCUT2D eigenvalue weighted by atomic mass is 16.3. The zero-order chi connectivity index (χ0) is 10.6. The molecule has 14 heavy (non-hydrogen) atoms. The van der Waals surface area contributed by atoms with E-state index in [0.29, 0.717) is 6.04 Å². The Morgan fingerprint density at radius 3 is 2.43 bits per heavy atom. The quantitative estimate of drug-likeness (QED) is 0.712. The van der Waals surface area contributed by atoms with Crippen LogP contribution in [0.1, 0.15) is 52.9 Å². The van der Waals surface area contributed by atoms with E-state index in [2.05, 4.69) is 12.2 Å². The van der Waals surface area contributed by atoms with Gasteiger partial charge in [0.15, 0.2) is 0 Å². The fraction of sp³-hybridized carbons (Fsp3) is 1.00. The summed E-state index contributed by atoms with van der Waals surface area (Å²) in [6.45, 7) is 6.95. The van der Waals surface area contributed by atoms with Gasteiger partial charge in [0, 0.05) is 6.04 Å². The van der Waals surface area contributed by atoms with E-state index in [-0.39, 0.29) is 0 Å². The maximum atomic E-state index is 9.56. The van der Waals surface area contributed by atoms with E-state index in [1.165, 1.54) is 25.7 Å². The van der Waals surface area contributed by atoms with E-state index in [4.69, 9.17) is 0 Å². The minimum Gasteiger partial charge on any atom is -0.390 e. The van der Waals surface area contributed by atoms with Gasteiger partial charge in [0.05, 0.1) is 5.60 Å². The van der Waals surface area contributed by atoms with Gasteiger partial charge in [-0.3, -0.25) is 0 Å². The van der Waals surface area contributed by atoms with Crippen LogP contribution in [0.25, 0.3) is 0 Å². The lowest BCUT2D eigenvalue weighted by atomic mass is 9.99. The molecule has 0 bridgehead atoms. The molecule has 0 spiro atoms. The van der Waals surface area contributed by atoms with Gasteiger partial charge in [-0.1, -0.05) is 12.8 Å². The van der Waals surface area contributed by atoms with Crippen molar-refractivity contribution in [2.24, 2.45) is 5.92 Å². The average Bonchev–Trinajstić information content (AvgIpc) is 2.53. The first-order valence-electron chi connectivity index (χ1n) is 5.95. The minimum atomic E-state index is -0.525. The van der Waals surface area contributed by atoms with Crippen molar-refractivity contribution in [1.29, 1.82) is 0 Å². The normalized spacial score (nSPS) is 21.4. The van der Waals surface area contributed by atoms with Crippen molar-refractivity contribution < 1.29 is 5.11 Å². The fourth-order valence-corrected chi connectivity index (χ4v) is 2.23. The van der Waals surface area contributed by atoms with Crippen LogP contribution in [0.3, 0.4) is 0 Å². The Hall–Kier alpha value is -0.0800. The largest absolute Gasteiger partial charge is 0.390 e. The van der Waals surface area contributed by atoms with Gasteiger partial charge in [-0.25, -0.2) is 0 Å². The highest BCUT2D eigenvalue weighted by Crippen LogP contribution is 2.27. The molecule has 0 aromatic heterocycles. The van der Waals surface area contributed by atoms with E-state index < -0.39 is 5.60 Å². The van der Waals surface area contributed by atoms with Crippen LogP contribution in [0, 0.1) is 5.92 Å². The molecule has 84 valence electrons. The van der Waals surface area contributed by atoms with Crippen LogP contribution in [-0.2, 0) is 0 Å². The third-order valence-electron chi connectivity index (χ3n) is 3.31. The number of hydrogen-bond acceptors (Lipinski definition) is 2. The van der Waals surface area contributed by atoms with Gasteiger partial charge < -0.3 is 10.4 Å². The molecule has 0 unspecified atom stereocenters. The molecule has 1 fully saturated rings. The molecule has 0 saturated heterocycles.